The molecule has 19 heavy (non-hydrogen) atoms. The van der Waals surface area contributed by atoms with Crippen LogP contribution in [0, 0.1) is 5.92 Å². The van der Waals surface area contributed by atoms with Crippen LogP contribution in [0.25, 0.3) is 0 Å². The van der Waals surface area contributed by atoms with E-state index in [9.17, 15) is 4.79 Å². The van der Waals surface area contributed by atoms with Gasteiger partial charge in [0.2, 0.25) is 5.91 Å². The molecule has 1 aliphatic heterocycles. The second-order valence-corrected chi connectivity index (χ2v) is 6.06. The Kier molecular flexibility index (Phi) is 5.64. The summed E-state index contributed by atoms with van der Waals surface area (Å²) in [6, 6.07) is -0.162. The minimum absolute atomic E-state index is 0.0154. The smallest absolute Gasteiger partial charge is 0.242 e. The molecule has 0 aromatic heterocycles. The summed E-state index contributed by atoms with van der Waals surface area (Å²) < 4.78 is 5.55. The molecule has 2 fully saturated rings. The van der Waals surface area contributed by atoms with Crippen molar-refractivity contribution in [2.75, 3.05) is 26.7 Å². The molecule has 0 unspecified atom stereocenters. The maximum absolute atomic E-state index is 12.4. The number of rotatable bonds is 4. The lowest BCUT2D eigenvalue weighted by atomic mass is 9.87. The van der Waals surface area contributed by atoms with Crippen LogP contribution in [0.15, 0.2) is 0 Å². The van der Waals surface area contributed by atoms with Crippen LogP contribution < -0.4 is 5.32 Å². The molecule has 4 heteroatoms. The maximum atomic E-state index is 12.4. The van der Waals surface area contributed by atoms with Crippen molar-refractivity contribution in [3.8, 4) is 0 Å². The van der Waals surface area contributed by atoms with E-state index in [0.29, 0.717) is 6.61 Å². The topological polar surface area (TPSA) is 41.6 Å². The van der Waals surface area contributed by atoms with Gasteiger partial charge >= 0.3 is 0 Å². The van der Waals surface area contributed by atoms with Crippen molar-refractivity contribution in [3.63, 3.8) is 0 Å². The SMILES string of the molecule is C[C@H]1OCCN[C@@H]1C(=O)N(C)CCC1CCCCC1. The van der Waals surface area contributed by atoms with E-state index in [1.807, 2.05) is 18.9 Å². The number of likely N-dealkylation sites (N-methyl/N-ethyl adjacent to an activating group) is 1. The number of hydrogen-bond acceptors (Lipinski definition) is 3. The third-order valence-electron chi connectivity index (χ3n) is 4.56. The minimum atomic E-state index is -0.162. The van der Waals surface area contributed by atoms with E-state index in [-0.39, 0.29) is 18.1 Å². The van der Waals surface area contributed by atoms with Gasteiger partial charge in [0.15, 0.2) is 0 Å². The molecule has 1 saturated heterocycles. The molecule has 110 valence electrons. The highest BCUT2D eigenvalue weighted by Crippen LogP contribution is 2.26. The lowest BCUT2D eigenvalue weighted by Gasteiger charge is -2.33. The summed E-state index contributed by atoms with van der Waals surface area (Å²) in [5.74, 6) is 1.01. The zero-order chi connectivity index (χ0) is 13.7. The molecular formula is C15H28N2O2. The fourth-order valence-electron chi connectivity index (χ4n) is 3.21. The van der Waals surface area contributed by atoms with Crippen molar-refractivity contribution in [1.29, 1.82) is 0 Å². The van der Waals surface area contributed by atoms with Crippen molar-refractivity contribution in [2.45, 2.75) is 57.6 Å². The number of carbonyl (C=O) groups excluding carboxylic acids is 1. The third-order valence-corrected chi connectivity index (χ3v) is 4.56. The summed E-state index contributed by atoms with van der Waals surface area (Å²) in [6.07, 6.45) is 7.98. The summed E-state index contributed by atoms with van der Waals surface area (Å²) in [5, 5.41) is 3.27. The van der Waals surface area contributed by atoms with Gasteiger partial charge < -0.3 is 15.0 Å². The Balaban J connectivity index is 1.74. The molecule has 1 saturated carbocycles. The first-order valence-corrected chi connectivity index (χ1v) is 7.78. The zero-order valence-corrected chi connectivity index (χ0v) is 12.4. The summed E-state index contributed by atoms with van der Waals surface area (Å²) in [5.41, 5.74) is 0. The van der Waals surface area contributed by atoms with Crippen molar-refractivity contribution >= 4 is 5.91 Å². The number of morpholine rings is 1. The average Bonchev–Trinajstić information content (AvgIpc) is 2.45. The monoisotopic (exact) mass is 268 g/mol. The van der Waals surface area contributed by atoms with E-state index in [1.165, 1.54) is 32.1 Å². The van der Waals surface area contributed by atoms with Gasteiger partial charge in [-0.25, -0.2) is 0 Å². The fourth-order valence-corrected chi connectivity index (χ4v) is 3.21. The van der Waals surface area contributed by atoms with Crippen molar-refractivity contribution in [2.24, 2.45) is 5.92 Å². The molecule has 0 aromatic carbocycles. The highest BCUT2D eigenvalue weighted by Gasteiger charge is 2.30. The second kappa shape index (κ2) is 7.25. The van der Waals surface area contributed by atoms with E-state index < -0.39 is 0 Å². The zero-order valence-electron chi connectivity index (χ0n) is 12.4. The standard InChI is InChI=1S/C15H28N2O2/c1-12-14(16-9-11-19-12)15(18)17(2)10-8-13-6-4-3-5-7-13/h12-14,16H,3-11H2,1-2H3/t12-,14+/m1/s1. The van der Waals surface area contributed by atoms with Crippen LogP contribution in [-0.2, 0) is 9.53 Å². The Hall–Kier alpha value is -0.610. The van der Waals surface area contributed by atoms with E-state index in [2.05, 4.69) is 5.32 Å². The van der Waals surface area contributed by atoms with Gasteiger partial charge in [-0.3, -0.25) is 4.79 Å². The van der Waals surface area contributed by atoms with Crippen LogP contribution in [0.3, 0.4) is 0 Å². The molecular weight excluding hydrogens is 240 g/mol. The number of ether oxygens (including phenoxy) is 1. The first-order chi connectivity index (χ1) is 9.18. The van der Waals surface area contributed by atoms with Gasteiger partial charge in [-0.05, 0) is 19.3 Å². The Morgan fingerprint density at radius 3 is 2.74 bits per heavy atom. The molecule has 2 aliphatic rings. The summed E-state index contributed by atoms with van der Waals surface area (Å²) in [6.45, 7) is 4.34. The van der Waals surface area contributed by atoms with Crippen molar-refractivity contribution in [1.82, 2.24) is 10.2 Å². The van der Waals surface area contributed by atoms with E-state index in [0.717, 1.165) is 25.4 Å². The average molecular weight is 268 g/mol. The maximum Gasteiger partial charge on any atom is 0.242 e. The van der Waals surface area contributed by atoms with Crippen molar-refractivity contribution in [3.05, 3.63) is 0 Å². The molecule has 0 aromatic rings. The van der Waals surface area contributed by atoms with Gasteiger partial charge in [0.25, 0.3) is 0 Å². The van der Waals surface area contributed by atoms with Gasteiger partial charge in [0, 0.05) is 20.1 Å². The summed E-state index contributed by atoms with van der Waals surface area (Å²) >= 11 is 0. The minimum Gasteiger partial charge on any atom is -0.375 e. The predicted molar refractivity (Wildman–Crippen MR) is 76.0 cm³/mol. The summed E-state index contributed by atoms with van der Waals surface area (Å²) in [7, 11) is 1.92. The van der Waals surface area contributed by atoms with Crippen LogP contribution in [0.5, 0.6) is 0 Å². The van der Waals surface area contributed by atoms with Crippen LogP contribution >= 0.6 is 0 Å². The Bertz CT molecular complexity index is 290. The predicted octanol–water partition coefficient (Wildman–Crippen LogP) is 1.79. The Labute approximate surface area is 116 Å². The molecule has 2 rings (SSSR count). The molecule has 1 N–H and O–H groups in total. The van der Waals surface area contributed by atoms with Gasteiger partial charge in [0.05, 0.1) is 12.7 Å². The molecule has 2 atom stereocenters. The highest BCUT2D eigenvalue weighted by atomic mass is 16.5. The quantitative estimate of drug-likeness (QED) is 0.845. The molecule has 1 aliphatic carbocycles. The molecule has 0 spiro atoms. The van der Waals surface area contributed by atoms with Gasteiger partial charge in [-0.15, -0.1) is 0 Å². The third kappa shape index (κ3) is 4.18. The molecule has 0 radical (unpaired) electrons. The molecule has 0 bridgehead atoms. The second-order valence-electron chi connectivity index (χ2n) is 6.06. The molecule has 1 amide bonds. The van der Waals surface area contributed by atoms with Crippen LogP contribution in [0.4, 0.5) is 0 Å². The number of nitrogens with one attached hydrogen (secondary N) is 1. The van der Waals surface area contributed by atoms with Gasteiger partial charge in [0.1, 0.15) is 6.04 Å². The lowest BCUT2D eigenvalue weighted by molar-refractivity contribution is -0.138. The molecule has 4 nitrogen and oxygen atoms in total. The highest BCUT2D eigenvalue weighted by molar-refractivity contribution is 5.82. The van der Waals surface area contributed by atoms with E-state index >= 15 is 0 Å². The number of nitrogens with zero attached hydrogens (tertiary/aromatic N) is 1. The summed E-state index contributed by atoms with van der Waals surface area (Å²) in [4.78, 5) is 14.3. The Morgan fingerprint density at radius 1 is 1.32 bits per heavy atom. The largest absolute Gasteiger partial charge is 0.375 e. The van der Waals surface area contributed by atoms with E-state index in [1.54, 1.807) is 0 Å². The van der Waals surface area contributed by atoms with Gasteiger partial charge in [-0.2, -0.15) is 0 Å². The van der Waals surface area contributed by atoms with Gasteiger partial charge in [-0.1, -0.05) is 32.1 Å². The number of amides is 1. The first kappa shape index (κ1) is 14.8. The van der Waals surface area contributed by atoms with E-state index in [4.69, 9.17) is 4.74 Å². The fraction of sp³-hybridized carbons (Fsp3) is 0.933. The molecule has 1 heterocycles. The van der Waals surface area contributed by atoms with Crippen LogP contribution in [0.2, 0.25) is 0 Å². The Morgan fingerprint density at radius 2 is 2.05 bits per heavy atom. The number of hydrogen-bond donors (Lipinski definition) is 1. The van der Waals surface area contributed by atoms with Crippen LogP contribution in [0.1, 0.15) is 45.4 Å². The lowest BCUT2D eigenvalue weighted by Crippen LogP contribution is -2.55. The van der Waals surface area contributed by atoms with Crippen molar-refractivity contribution < 1.29 is 9.53 Å². The normalized spacial score (nSPS) is 29.2. The number of carbonyl (C=O) groups is 1. The first-order valence-electron chi connectivity index (χ1n) is 7.78. The van der Waals surface area contributed by atoms with Crippen LogP contribution in [-0.4, -0.2) is 49.7 Å².